The molecule has 0 spiro atoms. The lowest BCUT2D eigenvalue weighted by molar-refractivity contribution is -0.118. The van der Waals surface area contributed by atoms with Crippen LogP contribution < -0.4 is 10.1 Å². The lowest BCUT2D eigenvalue weighted by atomic mass is 9.91. The Morgan fingerprint density at radius 1 is 1.09 bits per heavy atom. The summed E-state index contributed by atoms with van der Waals surface area (Å²) < 4.78 is 5.93. The maximum atomic E-state index is 12.9. The normalized spacial score (nSPS) is 18.2. The third-order valence-corrected chi connectivity index (χ3v) is 5.02. The zero-order valence-electron chi connectivity index (χ0n) is 17.3. The predicted molar refractivity (Wildman–Crippen MR) is 116 cm³/mol. The maximum Gasteiger partial charge on any atom is 0.251 e. The SMILES string of the molecule is C=C(O)/C(O)=C\C(=C/CO)C(=O)NC1Cc2c(O)cc(O)cc2OC1c1ccc(O)c(O)c1. The largest absolute Gasteiger partial charge is 0.508 e. The highest BCUT2D eigenvalue weighted by Gasteiger charge is 2.35. The van der Waals surface area contributed by atoms with E-state index >= 15 is 0 Å². The van der Waals surface area contributed by atoms with Gasteiger partial charge in [0.1, 0.15) is 29.1 Å². The predicted octanol–water partition coefficient (Wildman–Crippen LogP) is 2.10. The molecule has 33 heavy (non-hydrogen) atoms. The zero-order valence-corrected chi connectivity index (χ0v) is 17.3. The fraction of sp³-hybridized carbons (Fsp3) is 0.174. The molecule has 1 heterocycles. The van der Waals surface area contributed by atoms with Crippen molar-refractivity contribution in [1.29, 1.82) is 0 Å². The summed E-state index contributed by atoms with van der Waals surface area (Å²) in [5.41, 5.74) is 0.504. The van der Waals surface area contributed by atoms with Crippen molar-refractivity contribution in [2.24, 2.45) is 0 Å². The molecule has 0 saturated heterocycles. The summed E-state index contributed by atoms with van der Waals surface area (Å²) in [4.78, 5) is 12.9. The van der Waals surface area contributed by atoms with Gasteiger partial charge in [-0.25, -0.2) is 0 Å². The number of carbonyl (C=O) groups is 1. The Hall–Kier alpha value is -4.31. The number of phenols is 4. The van der Waals surface area contributed by atoms with Crippen LogP contribution in [0.5, 0.6) is 28.7 Å². The van der Waals surface area contributed by atoms with Crippen molar-refractivity contribution < 1.29 is 45.3 Å². The van der Waals surface area contributed by atoms with E-state index in [0.717, 1.165) is 18.2 Å². The number of benzene rings is 2. The van der Waals surface area contributed by atoms with Crippen molar-refractivity contribution in [3.63, 3.8) is 0 Å². The molecule has 3 rings (SSSR count). The Kier molecular flexibility index (Phi) is 6.69. The second-order valence-electron chi connectivity index (χ2n) is 7.33. The van der Waals surface area contributed by atoms with Crippen molar-refractivity contribution in [3.8, 4) is 28.7 Å². The molecule has 8 N–H and O–H groups in total. The van der Waals surface area contributed by atoms with E-state index in [1.807, 2.05) is 0 Å². The van der Waals surface area contributed by atoms with Gasteiger partial charge in [-0.15, -0.1) is 0 Å². The summed E-state index contributed by atoms with van der Waals surface area (Å²) in [6.07, 6.45) is 1.15. The maximum absolute atomic E-state index is 12.9. The number of aliphatic hydroxyl groups is 3. The second-order valence-corrected chi connectivity index (χ2v) is 7.33. The first-order valence-electron chi connectivity index (χ1n) is 9.74. The van der Waals surface area contributed by atoms with Crippen LogP contribution in [0.4, 0.5) is 0 Å². The number of aliphatic hydroxyl groups excluding tert-OH is 3. The summed E-state index contributed by atoms with van der Waals surface area (Å²) in [6, 6.07) is 5.55. The van der Waals surface area contributed by atoms with Gasteiger partial charge in [0.25, 0.3) is 5.91 Å². The number of nitrogens with one attached hydrogen (secondary N) is 1. The van der Waals surface area contributed by atoms with E-state index in [-0.39, 0.29) is 35.0 Å². The molecule has 1 aliphatic heterocycles. The minimum atomic E-state index is -0.921. The molecule has 1 aliphatic rings. The highest BCUT2D eigenvalue weighted by Crippen LogP contribution is 2.43. The summed E-state index contributed by atoms with van der Waals surface area (Å²) in [5, 5.41) is 70.6. The third kappa shape index (κ3) is 5.13. The van der Waals surface area contributed by atoms with Crippen LogP contribution in [0, 0.1) is 0 Å². The van der Waals surface area contributed by atoms with E-state index in [1.165, 1.54) is 24.3 Å². The van der Waals surface area contributed by atoms with Gasteiger partial charge in [0.05, 0.1) is 12.6 Å². The van der Waals surface area contributed by atoms with Crippen molar-refractivity contribution in [2.45, 2.75) is 18.6 Å². The molecule has 0 bridgehead atoms. The van der Waals surface area contributed by atoms with Crippen LogP contribution >= 0.6 is 0 Å². The van der Waals surface area contributed by atoms with Gasteiger partial charge < -0.3 is 45.8 Å². The minimum Gasteiger partial charge on any atom is -0.508 e. The van der Waals surface area contributed by atoms with Gasteiger partial charge in [-0.05, 0) is 29.8 Å². The topological polar surface area (TPSA) is 180 Å². The van der Waals surface area contributed by atoms with Gasteiger partial charge in [0, 0.05) is 29.7 Å². The Labute approximate surface area is 188 Å². The van der Waals surface area contributed by atoms with Crippen molar-refractivity contribution in [1.82, 2.24) is 5.32 Å². The Morgan fingerprint density at radius 2 is 1.82 bits per heavy atom. The number of amides is 1. The smallest absolute Gasteiger partial charge is 0.251 e. The number of phenolic OH excluding ortho intramolecular Hbond substituents is 4. The monoisotopic (exact) mass is 457 g/mol. The molecule has 2 unspecified atom stereocenters. The van der Waals surface area contributed by atoms with Crippen LogP contribution in [0.25, 0.3) is 0 Å². The summed E-state index contributed by atoms with van der Waals surface area (Å²) in [5.74, 6) is -3.21. The molecule has 0 aromatic heterocycles. The fourth-order valence-corrected chi connectivity index (χ4v) is 3.42. The first kappa shape index (κ1) is 23.4. The molecule has 1 amide bonds. The van der Waals surface area contributed by atoms with Crippen molar-refractivity contribution in [3.05, 3.63) is 77.3 Å². The van der Waals surface area contributed by atoms with E-state index in [9.17, 15) is 40.5 Å². The number of carbonyl (C=O) groups excluding carboxylic acids is 1. The highest BCUT2D eigenvalue weighted by molar-refractivity contribution is 5.96. The van der Waals surface area contributed by atoms with Gasteiger partial charge in [-0.2, -0.15) is 0 Å². The van der Waals surface area contributed by atoms with Crippen LogP contribution in [0.3, 0.4) is 0 Å². The number of hydrogen-bond donors (Lipinski definition) is 8. The first-order valence-corrected chi connectivity index (χ1v) is 9.74. The lowest BCUT2D eigenvalue weighted by Crippen LogP contribution is -2.45. The molecular weight excluding hydrogens is 434 g/mol. The molecule has 2 aromatic carbocycles. The summed E-state index contributed by atoms with van der Waals surface area (Å²) in [6.45, 7) is 2.62. The van der Waals surface area contributed by atoms with Gasteiger partial charge in [0.15, 0.2) is 17.3 Å². The number of hydrogen-bond acceptors (Lipinski definition) is 9. The van der Waals surface area contributed by atoms with Gasteiger partial charge >= 0.3 is 0 Å². The van der Waals surface area contributed by atoms with Crippen LogP contribution in [-0.2, 0) is 11.2 Å². The average molecular weight is 457 g/mol. The van der Waals surface area contributed by atoms with E-state index in [4.69, 9.17) is 4.74 Å². The number of ether oxygens (including phenoxy) is 1. The highest BCUT2D eigenvalue weighted by atomic mass is 16.5. The van der Waals surface area contributed by atoms with Gasteiger partial charge in [0.2, 0.25) is 0 Å². The van der Waals surface area contributed by atoms with E-state index in [0.29, 0.717) is 11.1 Å². The first-order chi connectivity index (χ1) is 15.6. The molecule has 2 aromatic rings. The van der Waals surface area contributed by atoms with Crippen LogP contribution in [-0.4, -0.2) is 54.3 Å². The van der Waals surface area contributed by atoms with E-state index < -0.39 is 41.9 Å². The standard InChI is InChI=1S/C23H23NO9/c1-11(26)18(29)7-13(4-5-25)23(32)24-16-10-15-19(30)8-14(27)9-21(15)33-22(16)12-2-3-17(28)20(31)6-12/h2-4,6-9,16,22,25-31H,1,5,10H2,(H,24,32)/b13-4+,18-7+. The van der Waals surface area contributed by atoms with E-state index in [2.05, 4.69) is 11.9 Å². The minimum absolute atomic E-state index is 0.0499. The van der Waals surface area contributed by atoms with Gasteiger partial charge in [-0.1, -0.05) is 12.6 Å². The summed E-state index contributed by atoms with van der Waals surface area (Å²) in [7, 11) is 0. The molecule has 2 atom stereocenters. The zero-order chi connectivity index (χ0) is 24.3. The number of aromatic hydroxyl groups is 4. The van der Waals surface area contributed by atoms with E-state index in [1.54, 1.807) is 0 Å². The van der Waals surface area contributed by atoms with Crippen LogP contribution in [0.2, 0.25) is 0 Å². The Morgan fingerprint density at radius 3 is 2.45 bits per heavy atom. The van der Waals surface area contributed by atoms with Gasteiger partial charge in [-0.3, -0.25) is 4.79 Å². The lowest BCUT2D eigenvalue weighted by Gasteiger charge is -2.35. The summed E-state index contributed by atoms with van der Waals surface area (Å²) >= 11 is 0. The molecule has 0 fully saturated rings. The van der Waals surface area contributed by atoms with Crippen molar-refractivity contribution in [2.75, 3.05) is 6.61 Å². The number of rotatable bonds is 6. The average Bonchev–Trinajstić information content (AvgIpc) is 2.75. The molecule has 10 nitrogen and oxygen atoms in total. The quantitative estimate of drug-likeness (QED) is 0.139. The molecule has 0 aliphatic carbocycles. The molecule has 174 valence electrons. The fourth-order valence-electron chi connectivity index (χ4n) is 3.42. The Bertz CT molecular complexity index is 1150. The molecule has 0 saturated carbocycles. The van der Waals surface area contributed by atoms with Crippen LogP contribution in [0.15, 0.2) is 66.2 Å². The Balaban J connectivity index is 2.00. The molecule has 0 radical (unpaired) electrons. The second kappa shape index (κ2) is 9.45. The van der Waals surface area contributed by atoms with Crippen molar-refractivity contribution >= 4 is 5.91 Å². The molecule has 10 heteroatoms. The number of fused-ring (bicyclic) bond motifs is 1. The third-order valence-electron chi connectivity index (χ3n) is 5.02. The van der Waals surface area contributed by atoms with Crippen LogP contribution in [0.1, 0.15) is 17.2 Å². The molecular formula is C23H23NO9.